The zero-order chi connectivity index (χ0) is 16.5. The van der Waals surface area contributed by atoms with Crippen LogP contribution in [0, 0.1) is 0 Å². The van der Waals surface area contributed by atoms with Gasteiger partial charge in [0.2, 0.25) is 5.91 Å². The molecule has 128 valence electrons. The van der Waals surface area contributed by atoms with E-state index in [0.717, 1.165) is 45.0 Å². The molecule has 0 aromatic carbocycles. The Morgan fingerprint density at radius 2 is 2.13 bits per heavy atom. The normalized spacial score (nSPS) is 17.0. The molecule has 0 bridgehead atoms. The number of nitrogens with one attached hydrogen (secondary N) is 1. The molecular formula is C17H28N4O2. The molecule has 0 radical (unpaired) electrons. The fourth-order valence-electron chi connectivity index (χ4n) is 2.84. The third-order valence-corrected chi connectivity index (χ3v) is 4.34. The van der Waals surface area contributed by atoms with E-state index in [4.69, 9.17) is 5.11 Å². The molecule has 0 spiro atoms. The van der Waals surface area contributed by atoms with Crippen molar-refractivity contribution in [2.24, 2.45) is 0 Å². The number of pyridine rings is 1. The summed E-state index contributed by atoms with van der Waals surface area (Å²) >= 11 is 0. The van der Waals surface area contributed by atoms with E-state index in [1.165, 1.54) is 0 Å². The maximum absolute atomic E-state index is 12.0. The van der Waals surface area contributed by atoms with E-state index in [-0.39, 0.29) is 18.6 Å². The summed E-state index contributed by atoms with van der Waals surface area (Å²) in [6, 6.07) is 6.07. The van der Waals surface area contributed by atoms with Crippen LogP contribution in [0.1, 0.15) is 26.2 Å². The molecule has 6 nitrogen and oxygen atoms in total. The number of aliphatic hydroxyl groups excluding tert-OH is 1. The van der Waals surface area contributed by atoms with Crippen molar-refractivity contribution in [3.63, 3.8) is 0 Å². The molecule has 1 amide bonds. The van der Waals surface area contributed by atoms with Crippen molar-refractivity contribution in [2.75, 3.05) is 44.2 Å². The van der Waals surface area contributed by atoms with Crippen LogP contribution in [0.25, 0.3) is 0 Å². The predicted octanol–water partition coefficient (Wildman–Crippen LogP) is 0.871. The van der Waals surface area contributed by atoms with Gasteiger partial charge in [0, 0.05) is 58.0 Å². The lowest BCUT2D eigenvalue weighted by atomic mass is 10.1. The Morgan fingerprint density at radius 3 is 2.74 bits per heavy atom. The van der Waals surface area contributed by atoms with Gasteiger partial charge in [-0.25, -0.2) is 4.98 Å². The van der Waals surface area contributed by atoms with E-state index in [1.54, 1.807) is 0 Å². The summed E-state index contributed by atoms with van der Waals surface area (Å²) < 4.78 is 0. The molecule has 0 saturated carbocycles. The van der Waals surface area contributed by atoms with Crippen molar-refractivity contribution in [2.45, 2.75) is 32.2 Å². The van der Waals surface area contributed by atoms with E-state index in [2.05, 4.69) is 20.1 Å². The number of aliphatic hydroxyl groups is 1. The minimum atomic E-state index is 0.0810. The Hall–Kier alpha value is -1.66. The van der Waals surface area contributed by atoms with Crippen LogP contribution >= 0.6 is 0 Å². The van der Waals surface area contributed by atoms with Crippen molar-refractivity contribution in [1.82, 2.24) is 15.2 Å². The van der Waals surface area contributed by atoms with Gasteiger partial charge in [0.15, 0.2) is 0 Å². The van der Waals surface area contributed by atoms with Crippen LogP contribution in [-0.2, 0) is 4.79 Å². The number of rotatable bonds is 8. The number of piperazine rings is 1. The smallest absolute Gasteiger partial charge is 0.221 e. The van der Waals surface area contributed by atoms with E-state index >= 15 is 0 Å². The molecule has 23 heavy (non-hydrogen) atoms. The van der Waals surface area contributed by atoms with Gasteiger partial charge in [0.05, 0.1) is 0 Å². The van der Waals surface area contributed by atoms with Gasteiger partial charge in [-0.3, -0.25) is 9.69 Å². The first kappa shape index (κ1) is 17.7. The van der Waals surface area contributed by atoms with Crippen molar-refractivity contribution >= 4 is 11.7 Å². The second-order valence-electron chi connectivity index (χ2n) is 5.95. The lowest BCUT2D eigenvalue weighted by Gasteiger charge is -2.35. The highest BCUT2D eigenvalue weighted by atomic mass is 16.3. The molecular weight excluding hydrogens is 292 g/mol. The fraction of sp³-hybridized carbons (Fsp3) is 0.647. The average molecular weight is 320 g/mol. The van der Waals surface area contributed by atoms with E-state index in [9.17, 15) is 4.79 Å². The first-order valence-corrected chi connectivity index (χ1v) is 8.51. The molecule has 1 unspecified atom stereocenters. The number of anilines is 1. The fourth-order valence-corrected chi connectivity index (χ4v) is 2.84. The van der Waals surface area contributed by atoms with Crippen molar-refractivity contribution in [3.05, 3.63) is 24.4 Å². The first-order valence-electron chi connectivity index (χ1n) is 8.51. The second-order valence-corrected chi connectivity index (χ2v) is 5.95. The Kier molecular flexibility index (Phi) is 7.29. The first-order chi connectivity index (χ1) is 11.2. The second kappa shape index (κ2) is 9.47. The molecule has 2 rings (SSSR count). The van der Waals surface area contributed by atoms with Crippen LogP contribution in [0.4, 0.5) is 5.82 Å². The monoisotopic (exact) mass is 320 g/mol. The number of carbonyl (C=O) groups is 1. The zero-order valence-corrected chi connectivity index (χ0v) is 13.9. The lowest BCUT2D eigenvalue weighted by molar-refractivity contribution is -0.122. The van der Waals surface area contributed by atoms with Crippen LogP contribution in [0.2, 0.25) is 0 Å². The Balaban J connectivity index is 1.67. The van der Waals surface area contributed by atoms with Crippen molar-refractivity contribution in [3.8, 4) is 0 Å². The SMILES string of the molecule is CCC(CCO)NC(=O)CCN1CCN(c2ccccn2)CC1. The Morgan fingerprint density at radius 1 is 1.35 bits per heavy atom. The predicted molar refractivity (Wildman–Crippen MR) is 91.4 cm³/mol. The molecule has 1 fully saturated rings. The summed E-state index contributed by atoms with van der Waals surface area (Å²) in [7, 11) is 0. The van der Waals surface area contributed by atoms with Crippen molar-refractivity contribution < 1.29 is 9.90 Å². The van der Waals surface area contributed by atoms with Crippen molar-refractivity contribution in [1.29, 1.82) is 0 Å². The highest BCUT2D eigenvalue weighted by molar-refractivity contribution is 5.76. The highest BCUT2D eigenvalue weighted by Crippen LogP contribution is 2.12. The van der Waals surface area contributed by atoms with Gasteiger partial charge in [-0.1, -0.05) is 13.0 Å². The van der Waals surface area contributed by atoms with Gasteiger partial charge in [0.1, 0.15) is 5.82 Å². The molecule has 1 aliphatic heterocycles. The van der Waals surface area contributed by atoms with E-state index < -0.39 is 0 Å². The summed E-state index contributed by atoms with van der Waals surface area (Å²) in [5, 5.41) is 12.0. The number of carbonyl (C=O) groups excluding carboxylic acids is 1. The molecule has 2 heterocycles. The molecule has 1 aliphatic rings. The van der Waals surface area contributed by atoms with Gasteiger partial charge in [-0.15, -0.1) is 0 Å². The number of nitrogens with zero attached hydrogens (tertiary/aromatic N) is 3. The molecule has 0 aliphatic carbocycles. The molecule has 1 aromatic rings. The molecule has 2 N–H and O–H groups in total. The van der Waals surface area contributed by atoms with Crippen LogP contribution in [0.3, 0.4) is 0 Å². The molecule has 6 heteroatoms. The zero-order valence-electron chi connectivity index (χ0n) is 13.9. The number of hydrogen-bond donors (Lipinski definition) is 2. The summed E-state index contributed by atoms with van der Waals surface area (Å²) in [5.74, 6) is 1.11. The standard InChI is InChI=1S/C17H28N4O2/c1-2-15(7-14-22)19-17(23)6-9-20-10-12-21(13-11-20)16-5-3-4-8-18-16/h3-5,8,15,22H,2,6-7,9-14H2,1H3,(H,19,23). The third kappa shape index (κ3) is 5.80. The van der Waals surface area contributed by atoms with E-state index in [0.29, 0.717) is 12.8 Å². The van der Waals surface area contributed by atoms with Gasteiger partial charge in [-0.2, -0.15) is 0 Å². The molecule has 1 aromatic heterocycles. The van der Waals surface area contributed by atoms with Crippen LogP contribution in [0.15, 0.2) is 24.4 Å². The Bertz CT molecular complexity index is 461. The average Bonchev–Trinajstić information content (AvgIpc) is 2.61. The number of hydrogen-bond acceptors (Lipinski definition) is 5. The molecule has 1 atom stereocenters. The van der Waals surface area contributed by atoms with Gasteiger partial charge < -0.3 is 15.3 Å². The van der Waals surface area contributed by atoms with Crippen LogP contribution < -0.4 is 10.2 Å². The topological polar surface area (TPSA) is 68.7 Å². The molecule has 1 saturated heterocycles. The van der Waals surface area contributed by atoms with Gasteiger partial charge >= 0.3 is 0 Å². The minimum absolute atomic E-state index is 0.0810. The highest BCUT2D eigenvalue weighted by Gasteiger charge is 2.18. The van der Waals surface area contributed by atoms with Crippen LogP contribution in [0.5, 0.6) is 0 Å². The summed E-state index contributed by atoms with van der Waals surface area (Å²) in [6.07, 6.45) is 3.83. The maximum Gasteiger partial charge on any atom is 0.221 e. The lowest BCUT2D eigenvalue weighted by Crippen LogP contribution is -2.47. The maximum atomic E-state index is 12.0. The summed E-state index contributed by atoms with van der Waals surface area (Å²) in [5.41, 5.74) is 0. The Labute approximate surface area is 138 Å². The summed E-state index contributed by atoms with van der Waals surface area (Å²) in [4.78, 5) is 21.0. The minimum Gasteiger partial charge on any atom is -0.396 e. The van der Waals surface area contributed by atoms with E-state index in [1.807, 2.05) is 31.3 Å². The third-order valence-electron chi connectivity index (χ3n) is 4.34. The van der Waals surface area contributed by atoms with Gasteiger partial charge in [0.25, 0.3) is 0 Å². The quantitative estimate of drug-likeness (QED) is 0.744. The number of aromatic nitrogens is 1. The largest absolute Gasteiger partial charge is 0.396 e. The van der Waals surface area contributed by atoms with Crippen LogP contribution in [-0.4, -0.2) is 66.3 Å². The summed E-state index contributed by atoms with van der Waals surface area (Å²) in [6.45, 7) is 6.74. The van der Waals surface area contributed by atoms with Gasteiger partial charge in [-0.05, 0) is 25.0 Å². The number of amides is 1.